The lowest BCUT2D eigenvalue weighted by molar-refractivity contribution is -0.128. The van der Waals surface area contributed by atoms with E-state index in [9.17, 15) is 4.79 Å². The van der Waals surface area contributed by atoms with Crippen molar-refractivity contribution in [1.82, 2.24) is 10.3 Å². The third-order valence-corrected chi connectivity index (χ3v) is 6.88. The van der Waals surface area contributed by atoms with Crippen LogP contribution in [0.1, 0.15) is 54.5 Å². The van der Waals surface area contributed by atoms with Gasteiger partial charge in [-0.3, -0.25) is 4.79 Å². The van der Waals surface area contributed by atoms with Gasteiger partial charge in [-0.2, -0.15) is 0 Å². The van der Waals surface area contributed by atoms with Gasteiger partial charge in [-0.05, 0) is 75.5 Å². The van der Waals surface area contributed by atoms with Gasteiger partial charge in [0.2, 0.25) is 5.91 Å². The summed E-state index contributed by atoms with van der Waals surface area (Å²) in [7, 11) is 0. The topological polar surface area (TPSA) is 70.9 Å². The summed E-state index contributed by atoms with van der Waals surface area (Å²) in [6, 6.07) is 4.72. The van der Waals surface area contributed by atoms with Crippen LogP contribution in [0.3, 0.4) is 0 Å². The first-order valence-corrected chi connectivity index (χ1v) is 10.1. The molecule has 140 valence electrons. The van der Waals surface area contributed by atoms with Gasteiger partial charge in [-0.1, -0.05) is 18.1 Å². The summed E-state index contributed by atoms with van der Waals surface area (Å²) in [5.74, 6) is 1.43. The predicted molar refractivity (Wildman–Crippen MR) is 106 cm³/mol. The molecule has 2 aromatic rings. The van der Waals surface area contributed by atoms with Crippen LogP contribution in [0.15, 0.2) is 12.1 Å². The van der Waals surface area contributed by atoms with Crippen molar-refractivity contribution in [2.75, 3.05) is 0 Å². The van der Waals surface area contributed by atoms with Gasteiger partial charge < -0.3 is 16.0 Å². The Balaban J connectivity index is 1.48. The van der Waals surface area contributed by atoms with Crippen molar-refractivity contribution in [1.29, 1.82) is 0 Å². The maximum absolute atomic E-state index is 12.8. The highest BCUT2D eigenvalue weighted by Gasteiger charge is 2.40. The summed E-state index contributed by atoms with van der Waals surface area (Å²) in [4.78, 5) is 16.3. The molecule has 0 saturated heterocycles. The maximum atomic E-state index is 12.8. The van der Waals surface area contributed by atoms with Crippen LogP contribution in [0.25, 0.3) is 10.9 Å². The van der Waals surface area contributed by atoms with Crippen molar-refractivity contribution in [2.24, 2.45) is 23.5 Å². The van der Waals surface area contributed by atoms with Gasteiger partial charge in [0.1, 0.15) is 0 Å². The molecule has 2 unspecified atom stereocenters. The second-order valence-electron chi connectivity index (χ2n) is 8.64. The van der Waals surface area contributed by atoms with E-state index in [0.717, 1.165) is 18.4 Å². The van der Waals surface area contributed by atoms with Crippen LogP contribution in [0, 0.1) is 38.5 Å². The van der Waals surface area contributed by atoms with Crippen LogP contribution in [0.4, 0.5) is 0 Å². The highest BCUT2D eigenvalue weighted by molar-refractivity contribution is 5.88. The lowest BCUT2D eigenvalue weighted by Crippen LogP contribution is -2.49. The fourth-order valence-corrected chi connectivity index (χ4v) is 5.26. The average Bonchev–Trinajstić information content (AvgIpc) is 2.87. The molecule has 0 spiro atoms. The molecule has 4 N–H and O–H groups in total. The van der Waals surface area contributed by atoms with Gasteiger partial charge in [0.05, 0.1) is 5.52 Å². The number of aromatic nitrogens is 1. The van der Waals surface area contributed by atoms with Gasteiger partial charge in [0.25, 0.3) is 0 Å². The van der Waals surface area contributed by atoms with Gasteiger partial charge in [0, 0.05) is 29.6 Å². The SMILES string of the molecule is Cc1cc(CNC(=O)C2CC3CCCC(C2)C3N)c2[nH]c(C)c(C)c2c1. The molecule has 4 rings (SSSR count). The highest BCUT2D eigenvalue weighted by Crippen LogP contribution is 2.41. The van der Waals surface area contributed by atoms with E-state index >= 15 is 0 Å². The fraction of sp³-hybridized carbons (Fsp3) is 0.591. The number of nitrogens with one attached hydrogen (secondary N) is 2. The van der Waals surface area contributed by atoms with Gasteiger partial charge in [0.15, 0.2) is 0 Å². The molecule has 4 heteroatoms. The van der Waals surface area contributed by atoms with Crippen LogP contribution in [-0.2, 0) is 11.3 Å². The number of aromatic amines is 1. The molecule has 1 aromatic heterocycles. The Morgan fingerprint density at radius 2 is 1.88 bits per heavy atom. The summed E-state index contributed by atoms with van der Waals surface area (Å²) >= 11 is 0. The third-order valence-electron chi connectivity index (χ3n) is 6.88. The highest BCUT2D eigenvalue weighted by atomic mass is 16.1. The Bertz CT molecular complexity index is 824. The first-order chi connectivity index (χ1) is 12.4. The number of rotatable bonds is 3. The van der Waals surface area contributed by atoms with Gasteiger partial charge in [-0.15, -0.1) is 0 Å². The van der Waals surface area contributed by atoms with Crippen molar-refractivity contribution < 1.29 is 4.79 Å². The number of hydrogen-bond acceptors (Lipinski definition) is 2. The third kappa shape index (κ3) is 3.05. The second kappa shape index (κ2) is 6.73. The van der Waals surface area contributed by atoms with E-state index < -0.39 is 0 Å². The first kappa shape index (κ1) is 17.6. The molecule has 26 heavy (non-hydrogen) atoms. The second-order valence-corrected chi connectivity index (χ2v) is 8.64. The minimum Gasteiger partial charge on any atom is -0.358 e. The normalized spacial score (nSPS) is 28.3. The number of H-pyrrole nitrogens is 1. The fourth-order valence-electron chi connectivity index (χ4n) is 5.26. The number of hydrogen-bond donors (Lipinski definition) is 3. The summed E-state index contributed by atoms with van der Waals surface area (Å²) < 4.78 is 0. The predicted octanol–water partition coefficient (Wildman–Crippen LogP) is 3.86. The number of carbonyl (C=O) groups excluding carboxylic acids is 1. The minimum atomic E-state index is 0.137. The minimum absolute atomic E-state index is 0.137. The molecule has 1 amide bonds. The van der Waals surface area contributed by atoms with Crippen molar-refractivity contribution in [3.63, 3.8) is 0 Å². The quantitative estimate of drug-likeness (QED) is 0.784. The Morgan fingerprint density at radius 1 is 1.19 bits per heavy atom. The molecule has 2 aliphatic rings. The van der Waals surface area contributed by atoms with Crippen LogP contribution in [-0.4, -0.2) is 16.9 Å². The molecule has 0 radical (unpaired) electrons. The van der Waals surface area contributed by atoms with Crippen molar-refractivity contribution in [3.05, 3.63) is 34.5 Å². The maximum Gasteiger partial charge on any atom is 0.223 e. The lowest BCUT2D eigenvalue weighted by atomic mass is 9.65. The number of fused-ring (bicyclic) bond motifs is 3. The smallest absolute Gasteiger partial charge is 0.223 e. The van der Waals surface area contributed by atoms with E-state index in [4.69, 9.17) is 5.73 Å². The first-order valence-electron chi connectivity index (χ1n) is 10.1. The van der Waals surface area contributed by atoms with Crippen LogP contribution in [0.5, 0.6) is 0 Å². The van der Waals surface area contributed by atoms with E-state index in [0.29, 0.717) is 24.4 Å². The lowest BCUT2D eigenvalue weighted by Gasteiger charge is -2.43. The summed E-state index contributed by atoms with van der Waals surface area (Å²) in [6.45, 7) is 6.97. The van der Waals surface area contributed by atoms with E-state index in [-0.39, 0.29) is 11.8 Å². The molecule has 2 saturated carbocycles. The summed E-state index contributed by atoms with van der Waals surface area (Å²) in [5.41, 5.74) is 12.4. The van der Waals surface area contributed by atoms with E-state index in [1.165, 1.54) is 47.0 Å². The Labute approximate surface area is 155 Å². The van der Waals surface area contributed by atoms with Crippen molar-refractivity contribution in [3.8, 4) is 0 Å². The summed E-state index contributed by atoms with van der Waals surface area (Å²) in [5, 5.41) is 4.49. The number of aryl methyl sites for hydroxylation is 3. The molecule has 1 aromatic carbocycles. The zero-order chi connectivity index (χ0) is 18.4. The van der Waals surface area contributed by atoms with Crippen molar-refractivity contribution >= 4 is 16.8 Å². The van der Waals surface area contributed by atoms with Crippen molar-refractivity contribution in [2.45, 2.75) is 65.5 Å². The van der Waals surface area contributed by atoms with E-state index in [1.807, 2.05) is 0 Å². The molecule has 4 nitrogen and oxygen atoms in total. The molecule has 1 heterocycles. The van der Waals surface area contributed by atoms with Crippen LogP contribution >= 0.6 is 0 Å². The van der Waals surface area contributed by atoms with Gasteiger partial charge >= 0.3 is 0 Å². The number of carbonyl (C=O) groups is 1. The molecule has 0 aliphatic heterocycles. The standard InChI is InChI=1S/C22H31N3O/c1-12-7-18(21-19(8-12)13(2)14(3)25-21)11-24-22(26)17-9-15-5-4-6-16(10-17)20(15)23/h7-8,15-17,20,25H,4-6,9-11,23H2,1-3H3,(H,24,26). The molecule has 2 aliphatic carbocycles. The molecular formula is C22H31N3O. The summed E-state index contributed by atoms with van der Waals surface area (Å²) in [6.07, 6.45) is 5.60. The number of amides is 1. The van der Waals surface area contributed by atoms with E-state index in [2.05, 4.69) is 43.2 Å². The van der Waals surface area contributed by atoms with E-state index in [1.54, 1.807) is 0 Å². The van der Waals surface area contributed by atoms with Gasteiger partial charge in [-0.25, -0.2) is 0 Å². The number of nitrogens with two attached hydrogens (primary N) is 1. The Hall–Kier alpha value is -1.81. The zero-order valence-corrected chi connectivity index (χ0v) is 16.2. The Morgan fingerprint density at radius 3 is 2.58 bits per heavy atom. The zero-order valence-electron chi connectivity index (χ0n) is 16.2. The molecule has 2 fully saturated rings. The average molecular weight is 354 g/mol. The molecular weight excluding hydrogens is 322 g/mol. The Kier molecular flexibility index (Phi) is 4.55. The van der Waals surface area contributed by atoms with Crippen LogP contribution < -0.4 is 11.1 Å². The monoisotopic (exact) mass is 353 g/mol. The number of benzene rings is 1. The van der Waals surface area contributed by atoms with Crippen LogP contribution in [0.2, 0.25) is 0 Å². The molecule has 2 bridgehead atoms. The molecule has 2 atom stereocenters. The largest absolute Gasteiger partial charge is 0.358 e.